The Morgan fingerprint density at radius 2 is 0.688 bits per heavy atom. The summed E-state index contributed by atoms with van der Waals surface area (Å²) in [5.74, 6) is 1.11. The molecule has 0 aromatic carbocycles. The van der Waals surface area contributed by atoms with E-state index in [1.807, 2.05) is 54.6 Å². The van der Waals surface area contributed by atoms with Crippen LogP contribution in [0.3, 0.4) is 0 Å². The largest absolute Gasteiger partial charge is 2.00 e. The van der Waals surface area contributed by atoms with E-state index < -0.39 is 15.6 Å². The smallest absolute Gasteiger partial charge is 0.255 e. The van der Waals surface area contributed by atoms with Gasteiger partial charge in [-0.05, 0) is 48.5 Å². The van der Waals surface area contributed by atoms with Crippen LogP contribution in [0.15, 0.2) is 104 Å². The van der Waals surface area contributed by atoms with Crippen LogP contribution in [0.4, 0.5) is 50.4 Å². The first-order valence-corrected chi connectivity index (χ1v) is 16.1. The van der Waals surface area contributed by atoms with Crippen LogP contribution in [0, 0.1) is 11.3 Å². The van der Waals surface area contributed by atoms with Crippen LogP contribution < -0.4 is 0 Å². The van der Waals surface area contributed by atoms with Gasteiger partial charge in [0.2, 0.25) is 0 Å². The quantitative estimate of drug-likeness (QED) is 0.100. The fourth-order valence-electron chi connectivity index (χ4n) is 2.58. The van der Waals surface area contributed by atoms with Crippen molar-refractivity contribution in [2.24, 2.45) is 0 Å². The van der Waals surface area contributed by atoms with Crippen molar-refractivity contribution >= 4 is 15.6 Å². The second-order valence-corrected chi connectivity index (χ2v) is 12.0. The van der Waals surface area contributed by atoms with Gasteiger partial charge in [0.25, 0.3) is 0 Å². The number of rotatable bonds is 3. The number of nitrogens with zero attached hydrogens (tertiary/aromatic N) is 8. The van der Waals surface area contributed by atoms with Crippen LogP contribution >= 0.6 is 15.6 Å². The third kappa shape index (κ3) is 28.0. The van der Waals surface area contributed by atoms with Gasteiger partial charge in [-0.2, -0.15) is 5.26 Å². The first-order chi connectivity index (χ1) is 21.2. The average Bonchev–Trinajstić information content (AvgIpc) is 2.97. The molecule has 0 aliphatic carbocycles. The van der Waals surface area contributed by atoms with Crippen LogP contribution in [0.5, 0.6) is 0 Å². The summed E-state index contributed by atoms with van der Waals surface area (Å²) in [4.78, 5) is 29.2. The van der Waals surface area contributed by atoms with Crippen molar-refractivity contribution in [1.82, 2.24) is 34.9 Å². The molecule has 0 radical (unpaired) electrons. The molecule has 0 unspecified atom stereocenters. The monoisotopic (exact) mass is 824 g/mol. The van der Waals surface area contributed by atoms with Crippen molar-refractivity contribution in [2.75, 3.05) is 0 Å². The molecule has 0 aliphatic rings. The molecule has 23 heteroatoms. The van der Waals surface area contributed by atoms with E-state index in [0.717, 1.165) is 22.8 Å². The Morgan fingerprint density at radius 3 is 0.938 bits per heavy atom. The fraction of sp³-hybridized carbons (Fsp3) is 0.0400. The van der Waals surface area contributed by atoms with Gasteiger partial charge < -0.3 is 0 Å². The second-order valence-electron chi connectivity index (χ2n) is 8.12. The summed E-state index contributed by atoms with van der Waals surface area (Å²) in [7, 11) is -21.3. The minimum atomic E-state index is -10.7. The van der Waals surface area contributed by atoms with E-state index in [1.54, 1.807) is 55.4 Å². The molecule has 0 aliphatic heterocycles. The minimum absolute atomic E-state index is 0. The van der Waals surface area contributed by atoms with E-state index >= 15 is 0 Å². The SMILES string of the molecule is CC#N.F[P-](F)(F)(F)(F)F.F[P-](F)(F)(F)(F)F.[Ru+2].c1ccc(-c2cccc(-c3ccccn3)n2)nc1.c1cnc(-c2ncccn2)nc1. The Hall–Kier alpha value is -4.26. The number of hydrogen-bond acceptors (Lipinski definition) is 8. The van der Waals surface area contributed by atoms with E-state index in [4.69, 9.17) is 5.26 Å². The van der Waals surface area contributed by atoms with E-state index in [1.165, 1.54) is 6.92 Å². The van der Waals surface area contributed by atoms with Gasteiger partial charge in [0, 0.05) is 44.1 Å². The summed E-state index contributed by atoms with van der Waals surface area (Å²) in [6, 6.07) is 22.7. The van der Waals surface area contributed by atoms with Crippen LogP contribution in [0.1, 0.15) is 6.92 Å². The van der Waals surface area contributed by atoms with Gasteiger partial charge in [-0.1, -0.05) is 18.2 Å². The molecular weight excluding hydrogens is 803 g/mol. The number of hydrogen-bond donors (Lipinski definition) is 0. The molecule has 0 saturated carbocycles. The summed E-state index contributed by atoms with van der Waals surface area (Å²) in [5, 5.41) is 7.32. The zero-order valence-electron chi connectivity index (χ0n) is 23.7. The van der Waals surface area contributed by atoms with Crippen molar-refractivity contribution in [1.29, 1.82) is 5.26 Å². The van der Waals surface area contributed by atoms with Gasteiger partial charge >= 0.3 is 85.5 Å². The van der Waals surface area contributed by atoms with Crippen molar-refractivity contribution in [3.05, 3.63) is 104 Å². The Labute approximate surface area is 276 Å². The standard InChI is InChI=1S/C15H11N3.C8H6N4.C2H3N.2F6P.Ru/c1-3-10-16-12(6-1)14-8-5-9-15(18-14)13-7-2-4-11-17-13;1-3-9-7(10-4-1)8-11-5-2-6-12-8;1-2-3;2*1-7(2,3,4,5)6;/h1-11H;1-6H;1H3;;;/q;;;2*-1;+2. The molecule has 0 fully saturated rings. The predicted octanol–water partition coefficient (Wildman–Crippen LogP) is 11.4. The van der Waals surface area contributed by atoms with Gasteiger partial charge in [0.15, 0.2) is 11.6 Å². The maximum atomic E-state index is 9.87. The summed E-state index contributed by atoms with van der Waals surface area (Å²) in [6.45, 7) is 1.43. The van der Waals surface area contributed by atoms with Crippen molar-refractivity contribution < 1.29 is 69.8 Å². The summed E-state index contributed by atoms with van der Waals surface area (Å²) in [5.41, 5.74) is 3.46. The third-order valence-electron chi connectivity index (χ3n) is 3.94. The first kappa shape index (κ1) is 43.7. The molecule has 0 bridgehead atoms. The first-order valence-electron chi connectivity index (χ1n) is 12.0. The second kappa shape index (κ2) is 15.8. The molecule has 262 valence electrons. The maximum Gasteiger partial charge on any atom is 2.00 e. The van der Waals surface area contributed by atoms with Crippen LogP contribution in [-0.2, 0) is 19.5 Å². The predicted molar refractivity (Wildman–Crippen MR) is 152 cm³/mol. The molecule has 0 N–H and O–H groups in total. The molecule has 5 aromatic rings. The molecule has 0 atom stereocenters. The third-order valence-corrected chi connectivity index (χ3v) is 3.94. The molecule has 8 nitrogen and oxygen atoms in total. The zero-order chi connectivity index (χ0) is 36.0. The zero-order valence-corrected chi connectivity index (χ0v) is 27.2. The Bertz CT molecular complexity index is 1580. The maximum absolute atomic E-state index is 10.7. The molecule has 0 amide bonds. The van der Waals surface area contributed by atoms with Crippen molar-refractivity contribution in [3.8, 4) is 40.5 Å². The molecule has 5 rings (SSSR count). The van der Waals surface area contributed by atoms with Crippen molar-refractivity contribution in [2.45, 2.75) is 6.92 Å². The van der Waals surface area contributed by atoms with Gasteiger partial charge in [-0.3, -0.25) is 9.97 Å². The van der Waals surface area contributed by atoms with Crippen LogP contribution in [-0.4, -0.2) is 34.9 Å². The Kier molecular flexibility index (Phi) is 14.4. The summed E-state index contributed by atoms with van der Waals surface area (Å²) in [6.07, 6.45) is 10.2. The normalized spacial score (nSPS) is 13.2. The van der Waals surface area contributed by atoms with E-state index in [-0.39, 0.29) is 19.5 Å². The molecular formula is C25H20F12N8P2Ru. The van der Waals surface area contributed by atoms with Gasteiger partial charge in [-0.25, -0.2) is 24.9 Å². The number of nitriles is 1. The molecule has 0 saturated heterocycles. The summed E-state index contributed by atoms with van der Waals surface area (Å²) >= 11 is 0. The minimum Gasteiger partial charge on any atom is -0.255 e. The van der Waals surface area contributed by atoms with E-state index in [9.17, 15) is 50.4 Å². The van der Waals surface area contributed by atoms with Crippen molar-refractivity contribution in [3.63, 3.8) is 0 Å². The van der Waals surface area contributed by atoms with Crippen LogP contribution in [0.2, 0.25) is 0 Å². The number of halogens is 12. The Morgan fingerprint density at radius 1 is 0.438 bits per heavy atom. The topological polar surface area (TPSA) is 114 Å². The van der Waals surface area contributed by atoms with Crippen LogP contribution in [0.25, 0.3) is 34.4 Å². The van der Waals surface area contributed by atoms with Gasteiger partial charge in [0.1, 0.15) is 0 Å². The molecule has 5 heterocycles. The van der Waals surface area contributed by atoms with E-state index in [2.05, 4.69) is 34.9 Å². The molecule has 5 aromatic heterocycles. The molecule has 0 spiro atoms. The fourth-order valence-corrected chi connectivity index (χ4v) is 2.58. The van der Waals surface area contributed by atoms with Gasteiger partial charge in [0.05, 0.1) is 28.8 Å². The summed E-state index contributed by atoms with van der Waals surface area (Å²) < 4.78 is 118. The van der Waals surface area contributed by atoms with Gasteiger partial charge in [-0.15, -0.1) is 0 Å². The Balaban J connectivity index is 0.000000642. The van der Waals surface area contributed by atoms with E-state index in [0.29, 0.717) is 11.6 Å². The number of pyridine rings is 3. The average molecular weight is 823 g/mol. The molecule has 48 heavy (non-hydrogen) atoms. The number of aromatic nitrogens is 7.